The van der Waals surface area contributed by atoms with E-state index in [2.05, 4.69) is 28.1 Å². The molecule has 1 unspecified atom stereocenters. The number of fused-ring (bicyclic) bond motifs is 1. The number of rotatable bonds is 2. The Bertz CT molecular complexity index is 641. The van der Waals surface area contributed by atoms with Gasteiger partial charge in [0.1, 0.15) is 5.82 Å². The summed E-state index contributed by atoms with van der Waals surface area (Å²) in [6, 6.07) is 13.1. The highest BCUT2D eigenvalue weighted by Crippen LogP contribution is 2.32. The van der Waals surface area contributed by atoms with Crippen molar-refractivity contribution in [3.05, 3.63) is 69.4 Å². The van der Waals surface area contributed by atoms with Crippen molar-refractivity contribution in [2.75, 3.05) is 0 Å². The minimum atomic E-state index is -0.851. The number of halogens is 2. The van der Waals surface area contributed by atoms with Gasteiger partial charge in [0.05, 0.1) is 5.60 Å². The molecule has 1 nitrogen and oxygen atoms in total. The maximum atomic E-state index is 13.9. The molecular weight excluding hydrogens is 319 g/mol. The zero-order valence-corrected chi connectivity index (χ0v) is 12.7. The lowest BCUT2D eigenvalue weighted by molar-refractivity contribution is 0.0259. The Kier molecular flexibility index (Phi) is 3.65. The lowest BCUT2D eigenvalue weighted by atomic mass is 9.77. The highest BCUT2D eigenvalue weighted by molar-refractivity contribution is 9.10. The van der Waals surface area contributed by atoms with Crippen LogP contribution >= 0.6 is 15.9 Å². The van der Waals surface area contributed by atoms with E-state index in [-0.39, 0.29) is 5.82 Å². The van der Waals surface area contributed by atoms with Crippen LogP contribution in [0.5, 0.6) is 0 Å². The molecular formula is C17H16BrFO. The molecule has 3 heteroatoms. The first-order valence-corrected chi connectivity index (χ1v) is 7.58. The third-order valence-corrected chi connectivity index (χ3v) is 4.52. The van der Waals surface area contributed by atoms with E-state index in [4.69, 9.17) is 0 Å². The van der Waals surface area contributed by atoms with Crippen molar-refractivity contribution in [1.82, 2.24) is 0 Å². The van der Waals surface area contributed by atoms with Gasteiger partial charge in [0, 0.05) is 17.3 Å². The molecule has 0 radical (unpaired) electrons. The number of aryl methyl sites for hydroxylation is 1. The van der Waals surface area contributed by atoms with Crippen LogP contribution in [0.2, 0.25) is 0 Å². The van der Waals surface area contributed by atoms with E-state index in [9.17, 15) is 9.50 Å². The summed E-state index contributed by atoms with van der Waals surface area (Å²) >= 11 is 3.36. The Morgan fingerprint density at radius 2 is 1.90 bits per heavy atom. The molecule has 0 saturated carbocycles. The molecule has 0 saturated heterocycles. The normalized spacial score (nSPS) is 21.6. The van der Waals surface area contributed by atoms with Gasteiger partial charge in [-0.05, 0) is 47.7 Å². The van der Waals surface area contributed by atoms with Crippen LogP contribution in [0.3, 0.4) is 0 Å². The monoisotopic (exact) mass is 334 g/mol. The van der Waals surface area contributed by atoms with Crippen LogP contribution < -0.4 is 0 Å². The van der Waals surface area contributed by atoms with Gasteiger partial charge in [0.15, 0.2) is 0 Å². The van der Waals surface area contributed by atoms with Crippen LogP contribution in [0.1, 0.15) is 23.1 Å². The number of hydrogen-bond acceptors (Lipinski definition) is 1. The van der Waals surface area contributed by atoms with Crippen LogP contribution in [0.15, 0.2) is 46.9 Å². The molecule has 1 atom stereocenters. The summed E-state index contributed by atoms with van der Waals surface area (Å²) < 4.78 is 14.7. The highest BCUT2D eigenvalue weighted by atomic mass is 79.9. The molecule has 0 fully saturated rings. The second kappa shape index (κ2) is 5.30. The van der Waals surface area contributed by atoms with Crippen molar-refractivity contribution in [3.8, 4) is 0 Å². The average molecular weight is 335 g/mol. The van der Waals surface area contributed by atoms with Gasteiger partial charge in [-0.3, -0.25) is 0 Å². The molecule has 2 aromatic carbocycles. The molecule has 0 aromatic heterocycles. The summed E-state index contributed by atoms with van der Waals surface area (Å²) in [5.41, 5.74) is 2.19. The Labute approximate surface area is 126 Å². The molecule has 2 aromatic rings. The second-order valence-corrected chi connectivity index (χ2v) is 6.50. The molecule has 20 heavy (non-hydrogen) atoms. The van der Waals surface area contributed by atoms with Gasteiger partial charge in [-0.1, -0.05) is 40.2 Å². The Hall–Kier alpha value is -1.19. The van der Waals surface area contributed by atoms with Gasteiger partial charge < -0.3 is 5.11 Å². The molecule has 3 rings (SSSR count). The SMILES string of the molecule is OC1(Cc2cc(Br)ccc2F)CCc2ccccc2C1. The minimum absolute atomic E-state index is 0.250. The lowest BCUT2D eigenvalue weighted by Crippen LogP contribution is -2.38. The average Bonchev–Trinajstić information content (AvgIpc) is 2.42. The molecule has 0 aliphatic heterocycles. The molecule has 0 heterocycles. The smallest absolute Gasteiger partial charge is 0.126 e. The third kappa shape index (κ3) is 2.79. The quantitative estimate of drug-likeness (QED) is 0.878. The Balaban J connectivity index is 1.86. The van der Waals surface area contributed by atoms with Gasteiger partial charge in [-0.25, -0.2) is 4.39 Å². The lowest BCUT2D eigenvalue weighted by Gasteiger charge is -2.33. The fraction of sp³-hybridized carbons (Fsp3) is 0.294. The van der Waals surface area contributed by atoms with E-state index >= 15 is 0 Å². The van der Waals surface area contributed by atoms with Crippen LogP contribution in [0.4, 0.5) is 4.39 Å². The maximum absolute atomic E-state index is 13.9. The number of hydrogen-bond donors (Lipinski definition) is 1. The van der Waals surface area contributed by atoms with Gasteiger partial charge in [0.25, 0.3) is 0 Å². The Morgan fingerprint density at radius 1 is 1.15 bits per heavy atom. The van der Waals surface area contributed by atoms with E-state index in [1.54, 1.807) is 12.1 Å². The summed E-state index contributed by atoms with van der Waals surface area (Å²) in [4.78, 5) is 0. The molecule has 104 valence electrons. The number of benzene rings is 2. The first-order chi connectivity index (χ1) is 9.56. The fourth-order valence-electron chi connectivity index (χ4n) is 2.97. The summed E-state index contributed by atoms with van der Waals surface area (Å²) in [6.45, 7) is 0. The molecule has 0 amide bonds. The van der Waals surface area contributed by atoms with Crippen molar-refractivity contribution in [3.63, 3.8) is 0 Å². The summed E-state index contributed by atoms with van der Waals surface area (Å²) in [5.74, 6) is -0.250. The number of aliphatic hydroxyl groups is 1. The van der Waals surface area contributed by atoms with Gasteiger partial charge >= 0.3 is 0 Å². The molecule has 1 aliphatic carbocycles. The zero-order valence-electron chi connectivity index (χ0n) is 11.1. The van der Waals surface area contributed by atoms with E-state index in [1.165, 1.54) is 17.2 Å². The zero-order chi connectivity index (χ0) is 14.2. The van der Waals surface area contributed by atoms with Crippen LogP contribution in [0.25, 0.3) is 0 Å². The summed E-state index contributed by atoms with van der Waals surface area (Å²) in [5, 5.41) is 10.8. The van der Waals surface area contributed by atoms with E-state index in [0.29, 0.717) is 24.8 Å². The van der Waals surface area contributed by atoms with Crippen molar-refractivity contribution >= 4 is 15.9 Å². The van der Waals surface area contributed by atoms with Crippen molar-refractivity contribution < 1.29 is 9.50 Å². The molecule has 0 bridgehead atoms. The summed E-state index contributed by atoms with van der Waals surface area (Å²) in [6.07, 6.45) is 2.47. The largest absolute Gasteiger partial charge is 0.389 e. The standard InChI is InChI=1S/C17H16BrFO/c18-15-5-6-16(19)14(9-15)11-17(20)8-7-12-3-1-2-4-13(12)10-17/h1-6,9,20H,7-8,10-11H2. The minimum Gasteiger partial charge on any atom is -0.389 e. The van der Waals surface area contributed by atoms with Crippen LogP contribution in [-0.2, 0) is 19.3 Å². The first kappa shape index (κ1) is 13.8. The van der Waals surface area contributed by atoms with Crippen molar-refractivity contribution in [1.29, 1.82) is 0 Å². The van der Waals surface area contributed by atoms with Gasteiger partial charge in [0.2, 0.25) is 0 Å². The third-order valence-electron chi connectivity index (χ3n) is 4.02. The highest BCUT2D eigenvalue weighted by Gasteiger charge is 2.32. The second-order valence-electron chi connectivity index (χ2n) is 5.58. The summed E-state index contributed by atoms with van der Waals surface area (Å²) in [7, 11) is 0. The fourth-order valence-corrected chi connectivity index (χ4v) is 3.38. The Morgan fingerprint density at radius 3 is 2.70 bits per heavy atom. The molecule has 1 N–H and O–H groups in total. The molecule has 0 spiro atoms. The van der Waals surface area contributed by atoms with E-state index in [1.807, 2.05) is 12.1 Å². The molecule has 1 aliphatic rings. The first-order valence-electron chi connectivity index (χ1n) is 6.79. The van der Waals surface area contributed by atoms with Crippen LogP contribution in [-0.4, -0.2) is 10.7 Å². The van der Waals surface area contributed by atoms with E-state index < -0.39 is 5.60 Å². The predicted molar refractivity (Wildman–Crippen MR) is 81.2 cm³/mol. The van der Waals surface area contributed by atoms with Crippen molar-refractivity contribution in [2.45, 2.75) is 31.3 Å². The van der Waals surface area contributed by atoms with Gasteiger partial charge in [-0.2, -0.15) is 0 Å². The van der Waals surface area contributed by atoms with Gasteiger partial charge in [-0.15, -0.1) is 0 Å². The van der Waals surface area contributed by atoms with Crippen molar-refractivity contribution in [2.24, 2.45) is 0 Å². The van der Waals surface area contributed by atoms with E-state index in [0.717, 1.165) is 10.9 Å². The predicted octanol–water partition coefficient (Wildman–Crippen LogP) is 4.05. The maximum Gasteiger partial charge on any atom is 0.126 e. The topological polar surface area (TPSA) is 20.2 Å². The van der Waals surface area contributed by atoms with Crippen LogP contribution in [0, 0.1) is 5.82 Å².